The number of carbonyl (C=O) groups is 2. The molecule has 0 aromatic carbocycles. The Hall–Kier alpha value is -1.78. The summed E-state index contributed by atoms with van der Waals surface area (Å²) in [6.45, 7) is 5.23. The lowest BCUT2D eigenvalue weighted by Gasteiger charge is -2.22. The number of likely N-dealkylation sites (N-methyl/N-ethyl adjacent to an activating group) is 2. The van der Waals surface area contributed by atoms with Crippen LogP contribution in [0, 0.1) is 0 Å². The van der Waals surface area contributed by atoms with Crippen LogP contribution in [0.5, 0.6) is 0 Å². The highest BCUT2D eigenvalue weighted by Crippen LogP contribution is 2.04. The van der Waals surface area contributed by atoms with E-state index in [-0.39, 0.29) is 18.4 Å². The standard InChI is InChI=1S/C12H18N2O3/c1-4-14(5-2)11(15)8-13(3)12(16)10-6-7-17-9-10/h6-7,9H,4-5,8H2,1-3H3. The van der Waals surface area contributed by atoms with Gasteiger partial charge in [0, 0.05) is 20.1 Å². The summed E-state index contributed by atoms with van der Waals surface area (Å²) in [6, 6.07) is 1.58. The van der Waals surface area contributed by atoms with Crippen LogP contribution in [0.15, 0.2) is 23.0 Å². The predicted molar refractivity (Wildman–Crippen MR) is 63.6 cm³/mol. The van der Waals surface area contributed by atoms with Gasteiger partial charge in [0.15, 0.2) is 0 Å². The molecule has 0 unspecified atom stereocenters. The van der Waals surface area contributed by atoms with Gasteiger partial charge < -0.3 is 14.2 Å². The second-order valence-electron chi connectivity index (χ2n) is 3.74. The molecule has 0 saturated carbocycles. The Morgan fingerprint density at radius 2 is 1.94 bits per heavy atom. The van der Waals surface area contributed by atoms with E-state index in [0.717, 1.165) is 0 Å². The van der Waals surface area contributed by atoms with Crippen LogP contribution in [0.2, 0.25) is 0 Å². The van der Waals surface area contributed by atoms with Crippen molar-refractivity contribution in [2.45, 2.75) is 13.8 Å². The first-order valence-electron chi connectivity index (χ1n) is 5.65. The molecule has 0 N–H and O–H groups in total. The zero-order valence-electron chi connectivity index (χ0n) is 10.5. The predicted octanol–water partition coefficient (Wildman–Crippen LogP) is 1.22. The van der Waals surface area contributed by atoms with E-state index in [2.05, 4.69) is 0 Å². The molecule has 0 saturated heterocycles. The summed E-state index contributed by atoms with van der Waals surface area (Å²) in [5.41, 5.74) is 0.458. The monoisotopic (exact) mass is 238 g/mol. The van der Waals surface area contributed by atoms with Gasteiger partial charge in [-0.15, -0.1) is 0 Å². The Balaban J connectivity index is 2.57. The third-order valence-electron chi connectivity index (χ3n) is 2.60. The van der Waals surface area contributed by atoms with Crippen molar-refractivity contribution in [3.05, 3.63) is 24.2 Å². The van der Waals surface area contributed by atoms with E-state index in [1.54, 1.807) is 18.0 Å². The first-order chi connectivity index (χ1) is 8.10. The Labute approximate surface area is 101 Å². The lowest BCUT2D eigenvalue weighted by Crippen LogP contribution is -2.40. The van der Waals surface area contributed by atoms with Crippen molar-refractivity contribution in [2.75, 3.05) is 26.7 Å². The molecule has 1 rings (SSSR count). The molecule has 0 aliphatic rings. The Morgan fingerprint density at radius 1 is 1.29 bits per heavy atom. The molecule has 17 heavy (non-hydrogen) atoms. The van der Waals surface area contributed by atoms with Crippen molar-refractivity contribution in [2.24, 2.45) is 0 Å². The first-order valence-corrected chi connectivity index (χ1v) is 5.65. The van der Waals surface area contributed by atoms with Crippen LogP contribution in [-0.2, 0) is 4.79 Å². The summed E-state index contributed by atoms with van der Waals surface area (Å²) in [4.78, 5) is 26.7. The molecule has 5 heteroatoms. The Morgan fingerprint density at radius 3 is 2.41 bits per heavy atom. The summed E-state index contributed by atoms with van der Waals surface area (Å²) >= 11 is 0. The second-order valence-corrected chi connectivity index (χ2v) is 3.74. The molecular weight excluding hydrogens is 220 g/mol. The fourth-order valence-electron chi connectivity index (χ4n) is 1.56. The Bertz CT molecular complexity index is 369. The molecule has 2 amide bonds. The molecule has 1 aromatic rings. The van der Waals surface area contributed by atoms with Crippen LogP contribution in [0.3, 0.4) is 0 Å². The fraction of sp³-hybridized carbons (Fsp3) is 0.500. The van der Waals surface area contributed by atoms with Crippen LogP contribution in [0.1, 0.15) is 24.2 Å². The number of hydrogen-bond acceptors (Lipinski definition) is 3. The molecule has 0 atom stereocenters. The van der Waals surface area contributed by atoms with Crippen molar-refractivity contribution in [1.29, 1.82) is 0 Å². The van der Waals surface area contributed by atoms with Crippen LogP contribution in [0.25, 0.3) is 0 Å². The molecule has 0 spiro atoms. The van der Waals surface area contributed by atoms with E-state index < -0.39 is 0 Å². The van der Waals surface area contributed by atoms with Gasteiger partial charge >= 0.3 is 0 Å². The highest BCUT2D eigenvalue weighted by atomic mass is 16.3. The van der Waals surface area contributed by atoms with Gasteiger partial charge in [-0.05, 0) is 19.9 Å². The van der Waals surface area contributed by atoms with Crippen LogP contribution < -0.4 is 0 Å². The van der Waals surface area contributed by atoms with E-state index >= 15 is 0 Å². The number of furan rings is 1. The number of hydrogen-bond donors (Lipinski definition) is 0. The molecule has 0 bridgehead atoms. The molecule has 1 heterocycles. The molecular formula is C12H18N2O3. The molecule has 0 fully saturated rings. The Kier molecular flexibility index (Phi) is 4.75. The van der Waals surface area contributed by atoms with Crippen LogP contribution in [-0.4, -0.2) is 48.3 Å². The maximum atomic E-state index is 11.8. The number of nitrogens with zero attached hydrogens (tertiary/aromatic N) is 2. The average molecular weight is 238 g/mol. The van der Waals surface area contributed by atoms with Gasteiger partial charge in [-0.25, -0.2) is 0 Å². The molecule has 94 valence electrons. The van der Waals surface area contributed by atoms with Crippen LogP contribution in [0.4, 0.5) is 0 Å². The maximum Gasteiger partial charge on any atom is 0.257 e. The maximum absolute atomic E-state index is 11.8. The van der Waals surface area contributed by atoms with Crippen molar-refractivity contribution < 1.29 is 14.0 Å². The largest absolute Gasteiger partial charge is 0.472 e. The highest BCUT2D eigenvalue weighted by molar-refractivity contribution is 5.95. The van der Waals surface area contributed by atoms with E-state index in [1.165, 1.54) is 17.4 Å². The number of amides is 2. The topological polar surface area (TPSA) is 53.8 Å². The first kappa shape index (κ1) is 13.3. The molecule has 0 radical (unpaired) electrons. The quantitative estimate of drug-likeness (QED) is 0.775. The second kappa shape index (κ2) is 6.08. The smallest absolute Gasteiger partial charge is 0.257 e. The molecule has 5 nitrogen and oxygen atoms in total. The van der Waals surface area contributed by atoms with E-state index in [1.807, 2.05) is 13.8 Å². The van der Waals surface area contributed by atoms with Crippen molar-refractivity contribution in [1.82, 2.24) is 9.80 Å². The van der Waals surface area contributed by atoms with Gasteiger partial charge in [-0.1, -0.05) is 0 Å². The average Bonchev–Trinajstić information content (AvgIpc) is 2.83. The lowest BCUT2D eigenvalue weighted by atomic mass is 10.3. The van der Waals surface area contributed by atoms with Gasteiger partial charge in [0.2, 0.25) is 5.91 Å². The summed E-state index contributed by atoms with van der Waals surface area (Å²) in [7, 11) is 1.61. The minimum atomic E-state index is -0.209. The molecule has 1 aromatic heterocycles. The zero-order valence-corrected chi connectivity index (χ0v) is 10.5. The minimum absolute atomic E-state index is 0.0469. The highest BCUT2D eigenvalue weighted by Gasteiger charge is 2.18. The number of rotatable bonds is 5. The molecule has 0 aliphatic heterocycles. The zero-order chi connectivity index (χ0) is 12.8. The summed E-state index contributed by atoms with van der Waals surface area (Å²) in [6.07, 6.45) is 2.81. The van der Waals surface area contributed by atoms with Crippen molar-refractivity contribution >= 4 is 11.8 Å². The van der Waals surface area contributed by atoms with Gasteiger partial charge in [0.25, 0.3) is 5.91 Å². The van der Waals surface area contributed by atoms with E-state index in [4.69, 9.17) is 4.42 Å². The normalized spacial score (nSPS) is 10.1. The lowest BCUT2D eigenvalue weighted by molar-refractivity contribution is -0.131. The van der Waals surface area contributed by atoms with Crippen molar-refractivity contribution in [3.63, 3.8) is 0 Å². The van der Waals surface area contributed by atoms with E-state index in [0.29, 0.717) is 18.7 Å². The fourth-order valence-corrected chi connectivity index (χ4v) is 1.56. The van der Waals surface area contributed by atoms with Crippen molar-refractivity contribution in [3.8, 4) is 0 Å². The summed E-state index contributed by atoms with van der Waals surface area (Å²) < 4.78 is 4.84. The van der Waals surface area contributed by atoms with E-state index in [9.17, 15) is 9.59 Å². The third kappa shape index (κ3) is 3.34. The SMILES string of the molecule is CCN(CC)C(=O)CN(C)C(=O)c1ccoc1. The van der Waals surface area contributed by atoms with Crippen LogP contribution >= 0.6 is 0 Å². The van der Waals surface area contributed by atoms with Gasteiger partial charge in [-0.2, -0.15) is 0 Å². The summed E-state index contributed by atoms with van der Waals surface area (Å²) in [5, 5.41) is 0. The third-order valence-corrected chi connectivity index (χ3v) is 2.60. The van der Waals surface area contributed by atoms with Gasteiger partial charge in [0.1, 0.15) is 6.26 Å². The minimum Gasteiger partial charge on any atom is -0.472 e. The van der Waals surface area contributed by atoms with Gasteiger partial charge in [0.05, 0.1) is 18.4 Å². The number of carbonyl (C=O) groups excluding carboxylic acids is 2. The summed E-state index contributed by atoms with van der Waals surface area (Å²) in [5.74, 6) is -0.256. The van der Waals surface area contributed by atoms with Gasteiger partial charge in [-0.3, -0.25) is 9.59 Å². The molecule has 0 aliphatic carbocycles.